The monoisotopic (exact) mass is 261 g/mol. The highest BCUT2D eigenvalue weighted by molar-refractivity contribution is 4.99. The molecule has 1 nitrogen and oxygen atoms in total. The first-order valence-corrected chi connectivity index (χ1v) is 7.72. The molecule has 0 aliphatic heterocycles. The molecular formula is C18H31N. The van der Waals surface area contributed by atoms with Gasteiger partial charge in [0.25, 0.3) is 0 Å². The van der Waals surface area contributed by atoms with Gasteiger partial charge in [-0.05, 0) is 51.6 Å². The highest BCUT2D eigenvalue weighted by Gasteiger charge is 1.81. The van der Waals surface area contributed by atoms with Crippen molar-refractivity contribution in [2.45, 2.75) is 52.4 Å². The minimum absolute atomic E-state index is 1.05. The molecule has 0 aromatic carbocycles. The molecule has 0 atom stereocenters. The van der Waals surface area contributed by atoms with E-state index in [2.05, 4.69) is 67.8 Å². The van der Waals surface area contributed by atoms with E-state index >= 15 is 0 Å². The van der Waals surface area contributed by atoms with Crippen molar-refractivity contribution >= 4 is 0 Å². The maximum Gasteiger partial charge on any atom is -0.00461 e. The minimum atomic E-state index is 1.05. The molecule has 0 amide bonds. The van der Waals surface area contributed by atoms with Crippen molar-refractivity contribution in [3.63, 3.8) is 0 Å². The van der Waals surface area contributed by atoms with Gasteiger partial charge in [-0.2, -0.15) is 0 Å². The zero-order chi connectivity index (χ0) is 14.0. The van der Waals surface area contributed by atoms with Crippen molar-refractivity contribution in [2.75, 3.05) is 13.1 Å². The van der Waals surface area contributed by atoms with Crippen molar-refractivity contribution in [1.82, 2.24) is 5.32 Å². The lowest BCUT2D eigenvalue weighted by atomic mass is 10.2. The van der Waals surface area contributed by atoms with Gasteiger partial charge in [0.1, 0.15) is 0 Å². The van der Waals surface area contributed by atoms with Gasteiger partial charge in [-0.1, -0.05) is 62.5 Å². The molecule has 0 aromatic rings. The van der Waals surface area contributed by atoms with Crippen LogP contribution in [0.3, 0.4) is 0 Å². The van der Waals surface area contributed by atoms with E-state index in [9.17, 15) is 0 Å². The van der Waals surface area contributed by atoms with Crippen LogP contribution in [0.15, 0.2) is 48.6 Å². The zero-order valence-corrected chi connectivity index (χ0v) is 12.8. The lowest BCUT2D eigenvalue weighted by molar-refractivity contribution is 0.679. The molecular weight excluding hydrogens is 230 g/mol. The molecule has 0 heterocycles. The molecule has 1 heteroatoms. The van der Waals surface area contributed by atoms with Crippen LogP contribution < -0.4 is 5.32 Å². The minimum Gasteiger partial charge on any atom is -0.317 e. The number of unbranched alkanes of at least 4 members (excludes halogenated alkanes) is 1. The molecule has 0 rings (SSSR count). The number of rotatable bonds is 12. The van der Waals surface area contributed by atoms with Gasteiger partial charge in [-0.3, -0.25) is 0 Å². The Morgan fingerprint density at radius 2 is 1.21 bits per heavy atom. The summed E-state index contributed by atoms with van der Waals surface area (Å²) in [6, 6.07) is 0. The quantitative estimate of drug-likeness (QED) is 0.377. The zero-order valence-electron chi connectivity index (χ0n) is 12.8. The largest absolute Gasteiger partial charge is 0.317 e. The van der Waals surface area contributed by atoms with Gasteiger partial charge in [-0.15, -0.1) is 0 Å². The maximum atomic E-state index is 3.33. The summed E-state index contributed by atoms with van der Waals surface area (Å²) < 4.78 is 0. The summed E-state index contributed by atoms with van der Waals surface area (Å²) in [5.41, 5.74) is 0. The molecule has 0 aliphatic carbocycles. The number of allylic oxidation sites excluding steroid dienone is 8. The SMILES string of the molecule is CCC=CCC=CCC=CCC=CCCCNCC. The van der Waals surface area contributed by atoms with E-state index in [0.29, 0.717) is 0 Å². The molecule has 0 bridgehead atoms. The van der Waals surface area contributed by atoms with Crippen LogP contribution in [0.25, 0.3) is 0 Å². The summed E-state index contributed by atoms with van der Waals surface area (Å²) in [4.78, 5) is 0. The van der Waals surface area contributed by atoms with Crippen molar-refractivity contribution in [3.8, 4) is 0 Å². The second-order valence-corrected chi connectivity index (χ2v) is 4.50. The summed E-state index contributed by atoms with van der Waals surface area (Å²) in [5.74, 6) is 0. The van der Waals surface area contributed by atoms with Crippen LogP contribution in [-0.2, 0) is 0 Å². The molecule has 0 saturated carbocycles. The Bertz CT molecular complexity index is 271. The van der Waals surface area contributed by atoms with Gasteiger partial charge in [0, 0.05) is 0 Å². The molecule has 0 fully saturated rings. The standard InChI is InChI=1S/C18H31N/c1-3-5-6-7-8-9-10-11-12-13-14-15-16-17-18-19-4-2/h5-6,8-9,11-12,14-15,19H,3-4,7,10,13,16-18H2,1-2H3. The summed E-state index contributed by atoms with van der Waals surface area (Å²) in [6.45, 7) is 6.52. The van der Waals surface area contributed by atoms with Crippen LogP contribution in [-0.4, -0.2) is 13.1 Å². The van der Waals surface area contributed by atoms with Gasteiger partial charge in [-0.25, -0.2) is 0 Å². The Labute approximate surface area is 120 Å². The Hall–Kier alpha value is -1.08. The van der Waals surface area contributed by atoms with E-state index in [1.165, 1.54) is 12.8 Å². The normalized spacial score (nSPS) is 12.7. The van der Waals surface area contributed by atoms with Gasteiger partial charge < -0.3 is 5.32 Å². The van der Waals surface area contributed by atoms with Crippen molar-refractivity contribution < 1.29 is 0 Å². The fourth-order valence-corrected chi connectivity index (χ4v) is 1.62. The smallest absolute Gasteiger partial charge is 0.00461 e. The Balaban J connectivity index is 3.33. The van der Waals surface area contributed by atoms with Crippen LogP contribution in [0.1, 0.15) is 52.4 Å². The topological polar surface area (TPSA) is 12.0 Å². The fourth-order valence-electron chi connectivity index (χ4n) is 1.62. The fraction of sp³-hybridized carbons (Fsp3) is 0.556. The number of hydrogen-bond acceptors (Lipinski definition) is 1. The van der Waals surface area contributed by atoms with Crippen LogP contribution in [0.4, 0.5) is 0 Å². The van der Waals surface area contributed by atoms with Crippen LogP contribution in [0.5, 0.6) is 0 Å². The van der Waals surface area contributed by atoms with Crippen LogP contribution in [0, 0.1) is 0 Å². The summed E-state index contributed by atoms with van der Waals surface area (Å²) >= 11 is 0. The predicted molar refractivity (Wildman–Crippen MR) is 88.5 cm³/mol. The second-order valence-electron chi connectivity index (χ2n) is 4.50. The Kier molecular flexibility index (Phi) is 16.0. The summed E-state index contributed by atoms with van der Waals surface area (Å²) in [6.07, 6.45) is 24.6. The van der Waals surface area contributed by atoms with Crippen LogP contribution >= 0.6 is 0 Å². The van der Waals surface area contributed by atoms with Gasteiger partial charge in [0.2, 0.25) is 0 Å². The Morgan fingerprint density at radius 3 is 1.74 bits per heavy atom. The van der Waals surface area contributed by atoms with E-state index in [-0.39, 0.29) is 0 Å². The summed E-state index contributed by atoms with van der Waals surface area (Å²) in [5, 5.41) is 3.33. The molecule has 0 unspecified atom stereocenters. The lowest BCUT2D eigenvalue weighted by Crippen LogP contribution is -2.13. The molecule has 1 N–H and O–H groups in total. The first-order chi connectivity index (χ1) is 9.41. The first kappa shape index (κ1) is 17.9. The predicted octanol–water partition coefficient (Wildman–Crippen LogP) is 5.18. The highest BCUT2D eigenvalue weighted by Crippen LogP contribution is 1.96. The van der Waals surface area contributed by atoms with Gasteiger partial charge in [0.15, 0.2) is 0 Å². The Morgan fingerprint density at radius 1 is 0.684 bits per heavy atom. The molecule has 19 heavy (non-hydrogen) atoms. The molecule has 108 valence electrons. The highest BCUT2D eigenvalue weighted by atomic mass is 14.8. The van der Waals surface area contributed by atoms with E-state index < -0.39 is 0 Å². The number of nitrogens with one attached hydrogen (secondary N) is 1. The van der Waals surface area contributed by atoms with Gasteiger partial charge in [0.05, 0.1) is 0 Å². The van der Waals surface area contributed by atoms with E-state index in [1.807, 2.05) is 0 Å². The van der Waals surface area contributed by atoms with Crippen molar-refractivity contribution in [3.05, 3.63) is 48.6 Å². The van der Waals surface area contributed by atoms with E-state index in [4.69, 9.17) is 0 Å². The average Bonchev–Trinajstić information content (AvgIpc) is 2.43. The third-order valence-electron chi connectivity index (χ3n) is 2.69. The molecule has 0 radical (unpaired) electrons. The van der Waals surface area contributed by atoms with Crippen molar-refractivity contribution in [1.29, 1.82) is 0 Å². The van der Waals surface area contributed by atoms with Crippen LogP contribution in [0.2, 0.25) is 0 Å². The first-order valence-electron chi connectivity index (χ1n) is 7.72. The number of hydrogen-bond donors (Lipinski definition) is 1. The van der Waals surface area contributed by atoms with Crippen molar-refractivity contribution in [2.24, 2.45) is 0 Å². The molecule has 0 aromatic heterocycles. The molecule has 0 saturated heterocycles. The third kappa shape index (κ3) is 16.9. The molecule has 0 spiro atoms. The lowest BCUT2D eigenvalue weighted by Gasteiger charge is -1.96. The average molecular weight is 261 g/mol. The second kappa shape index (κ2) is 16.9. The van der Waals surface area contributed by atoms with E-state index in [0.717, 1.165) is 38.8 Å². The molecule has 0 aliphatic rings. The maximum absolute atomic E-state index is 3.33. The third-order valence-corrected chi connectivity index (χ3v) is 2.69. The van der Waals surface area contributed by atoms with Gasteiger partial charge >= 0.3 is 0 Å². The van der Waals surface area contributed by atoms with E-state index in [1.54, 1.807) is 0 Å². The summed E-state index contributed by atoms with van der Waals surface area (Å²) in [7, 11) is 0.